The van der Waals surface area contributed by atoms with Crippen LogP contribution in [-0.4, -0.2) is 23.9 Å². The van der Waals surface area contributed by atoms with Crippen LogP contribution in [0.3, 0.4) is 0 Å². The van der Waals surface area contributed by atoms with Crippen molar-refractivity contribution in [3.05, 3.63) is 52.2 Å². The molecule has 116 valence electrons. The van der Waals surface area contributed by atoms with E-state index in [1.165, 1.54) is 4.88 Å². The van der Waals surface area contributed by atoms with E-state index in [2.05, 4.69) is 5.32 Å². The van der Waals surface area contributed by atoms with Crippen molar-refractivity contribution in [2.75, 3.05) is 18.4 Å². The molecular formula is C16H16F2N2OS. The molecule has 1 unspecified atom stereocenters. The summed E-state index contributed by atoms with van der Waals surface area (Å²) in [7, 11) is 0. The Labute approximate surface area is 131 Å². The van der Waals surface area contributed by atoms with E-state index >= 15 is 0 Å². The second-order valence-electron chi connectivity index (χ2n) is 5.24. The summed E-state index contributed by atoms with van der Waals surface area (Å²) in [6.07, 6.45) is 1.91. The van der Waals surface area contributed by atoms with Gasteiger partial charge >= 0.3 is 0 Å². The molecule has 1 N–H and O–H groups in total. The molecule has 2 heterocycles. The fraction of sp³-hybridized carbons (Fsp3) is 0.312. The predicted molar refractivity (Wildman–Crippen MR) is 82.9 cm³/mol. The fourth-order valence-electron chi connectivity index (χ4n) is 2.75. The van der Waals surface area contributed by atoms with Crippen LogP contribution in [0.5, 0.6) is 0 Å². The molecule has 1 aliphatic rings. The monoisotopic (exact) mass is 322 g/mol. The number of carbonyl (C=O) groups excluding carboxylic acids is 1. The molecule has 3 nitrogen and oxygen atoms in total. The van der Waals surface area contributed by atoms with Gasteiger partial charge in [-0.1, -0.05) is 6.07 Å². The van der Waals surface area contributed by atoms with E-state index in [0.717, 1.165) is 31.0 Å². The Morgan fingerprint density at radius 3 is 3.00 bits per heavy atom. The summed E-state index contributed by atoms with van der Waals surface area (Å²) in [5.74, 6) is -1.20. The lowest BCUT2D eigenvalue weighted by Crippen LogP contribution is -2.35. The molecule has 2 aromatic rings. The Kier molecular flexibility index (Phi) is 4.38. The van der Waals surface area contributed by atoms with Gasteiger partial charge in [-0.25, -0.2) is 8.78 Å². The van der Waals surface area contributed by atoms with Crippen molar-refractivity contribution >= 4 is 22.9 Å². The largest absolute Gasteiger partial charge is 0.374 e. The summed E-state index contributed by atoms with van der Waals surface area (Å²) in [5, 5.41) is 4.69. The zero-order valence-corrected chi connectivity index (χ0v) is 12.7. The smallest absolute Gasteiger partial charge is 0.242 e. The van der Waals surface area contributed by atoms with Gasteiger partial charge in [0.15, 0.2) is 0 Å². The van der Waals surface area contributed by atoms with Crippen molar-refractivity contribution < 1.29 is 13.6 Å². The number of benzene rings is 1. The minimum absolute atomic E-state index is 0.0141. The fourth-order valence-corrected chi connectivity index (χ4v) is 3.62. The number of hydrogen-bond donors (Lipinski definition) is 1. The van der Waals surface area contributed by atoms with Crippen LogP contribution in [0.15, 0.2) is 35.7 Å². The number of rotatable bonds is 4. The zero-order chi connectivity index (χ0) is 15.5. The van der Waals surface area contributed by atoms with Crippen LogP contribution < -0.4 is 5.32 Å². The number of carbonyl (C=O) groups is 1. The number of hydrogen-bond acceptors (Lipinski definition) is 3. The summed E-state index contributed by atoms with van der Waals surface area (Å²) < 4.78 is 26.7. The van der Waals surface area contributed by atoms with Crippen molar-refractivity contribution in [1.82, 2.24) is 4.90 Å². The lowest BCUT2D eigenvalue weighted by molar-refractivity contribution is -0.130. The summed E-state index contributed by atoms with van der Waals surface area (Å²) in [4.78, 5) is 15.4. The molecule has 0 bridgehead atoms. The summed E-state index contributed by atoms with van der Waals surface area (Å²) >= 11 is 1.64. The van der Waals surface area contributed by atoms with E-state index in [9.17, 15) is 13.6 Å². The molecule has 6 heteroatoms. The molecule has 1 saturated heterocycles. The van der Waals surface area contributed by atoms with Gasteiger partial charge in [0.25, 0.3) is 0 Å². The maximum Gasteiger partial charge on any atom is 0.242 e. The standard InChI is InChI=1S/C16H16F2N2OS/c17-11-5-6-12(18)13(9-11)19-10-16(21)20-7-1-3-14(20)15-4-2-8-22-15/h2,4-6,8-9,14,19H,1,3,7,10H2. The Bertz CT molecular complexity index is 660. The van der Waals surface area contributed by atoms with Gasteiger partial charge < -0.3 is 10.2 Å². The van der Waals surface area contributed by atoms with Gasteiger partial charge in [-0.3, -0.25) is 4.79 Å². The highest BCUT2D eigenvalue weighted by atomic mass is 32.1. The summed E-state index contributed by atoms with van der Waals surface area (Å²) in [5.41, 5.74) is 0.0141. The topological polar surface area (TPSA) is 32.3 Å². The number of nitrogens with one attached hydrogen (secondary N) is 1. The van der Waals surface area contributed by atoms with Crippen LogP contribution in [0.2, 0.25) is 0 Å². The van der Waals surface area contributed by atoms with E-state index in [1.807, 2.05) is 22.4 Å². The van der Waals surface area contributed by atoms with Crippen LogP contribution in [-0.2, 0) is 4.79 Å². The van der Waals surface area contributed by atoms with Crippen LogP contribution >= 0.6 is 11.3 Å². The minimum atomic E-state index is -0.564. The molecule has 1 aromatic carbocycles. The van der Waals surface area contributed by atoms with Crippen LogP contribution in [0.4, 0.5) is 14.5 Å². The average Bonchev–Trinajstić information content (AvgIpc) is 3.17. The number of likely N-dealkylation sites (tertiary alicyclic amines) is 1. The molecule has 1 fully saturated rings. The number of halogens is 2. The first-order valence-electron chi connectivity index (χ1n) is 7.17. The van der Waals surface area contributed by atoms with Gasteiger partial charge in [0.2, 0.25) is 5.91 Å². The maximum absolute atomic E-state index is 13.5. The lowest BCUT2D eigenvalue weighted by atomic mass is 10.2. The second-order valence-corrected chi connectivity index (χ2v) is 6.22. The molecule has 1 aromatic heterocycles. The molecule has 0 spiro atoms. The number of thiophene rings is 1. The molecule has 1 amide bonds. The molecule has 0 radical (unpaired) electrons. The summed E-state index contributed by atoms with van der Waals surface area (Å²) in [6.45, 7) is 0.664. The molecular weight excluding hydrogens is 306 g/mol. The first kappa shape index (κ1) is 15.0. The van der Waals surface area contributed by atoms with Gasteiger partial charge in [0, 0.05) is 11.4 Å². The third kappa shape index (κ3) is 3.11. The highest BCUT2D eigenvalue weighted by molar-refractivity contribution is 7.10. The van der Waals surface area contributed by atoms with Crippen LogP contribution in [0.25, 0.3) is 0 Å². The van der Waals surface area contributed by atoms with E-state index < -0.39 is 11.6 Å². The molecule has 1 aliphatic heterocycles. The third-order valence-electron chi connectivity index (χ3n) is 3.80. The van der Waals surface area contributed by atoms with Gasteiger partial charge in [-0.15, -0.1) is 11.3 Å². The second kappa shape index (κ2) is 6.44. The highest BCUT2D eigenvalue weighted by Crippen LogP contribution is 2.34. The Balaban J connectivity index is 1.65. The molecule has 0 saturated carbocycles. The normalized spacial score (nSPS) is 17.7. The highest BCUT2D eigenvalue weighted by Gasteiger charge is 2.30. The Morgan fingerprint density at radius 2 is 2.23 bits per heavy atom. The minimum Gasteiger partial charge on any atom is -0.374 e. The van der Waals surface area contributed by atoms with Gasteiger partial charge in [0.05, 0.1) is 18.3 Å². The van der Waals surface area contributed by atoms with Crippen molar-refractivity contribution in [2.24, 2.45) is 0 Å². The molecule has 3 rings (SSSR count). The number of nitrogens with zero attached hydrogens (tertiary/aromatic N) is 1. The first-order valence-corrected chi connectivity index (χ1v) is 8.05. The quantitative estimate of drug-likeness (QED) is 0.928. The molecule has 0 aliphatic carbocycles. The molecule has 22 heavy (non-hydrogen) atoms. The van der Waals surface area contributed by atoms with Gasteiger partial charge in [-0.2, -0.15) is 0 Å². The summed E-state index contributed by atoms with van der Waals surface area (Å²) in [6, 6.07) is 7.26. The van der Waals surface area contributed by atoms with Crippen LogP contribution in [0.1, 0.15) is 23.8 Å². The Morgan fingerprint density at radius 1 is 1.36 bits per heavy atom. The SMILES string of the molecule is O=C(CNc1cc(F)ccc1F)N1CCCC1c1cccs1. The number of anilines is 1. The lowest BCUT2D eigenvalue weighted by Gasteiger charge is -2.24. The van der Waals surface area contributed by atoms with Crippen LogP contribution in [0, 0.1) is 11.6 Å². The average molecular weight is 322 g/mol. The van der Waals surface area contributed by atoms with Crippen molar-refractivity contribution in [1.29, 1.82) is 0 Å². The third-order valence-corrected chi connectivity index (χ3v) is 4.78. The zero-order valence-electron chi connectivity index (χ0n) is 11.9. The Hall–Kier alpha value is -1.95. The first-order chi connectivity index (χ1) is 10.6. The maximum atomic E-state index is 13.5. The molecule has 1 atom stereocenters. The van der Waals surface area contributed by atoms with Crippen molar-refractivity contribution in [2.45, 2.75) is 18.9 Å². The van der Waals surface area contributed by atoms with E-state index in [0.29, 0.717) is 6.54 Å². The van der Waals surface area contributed by atoms with E-state index in [-0.39, 0.29) is 24.2 Å². The van der Waals surface area contributed by atoms with Crippen molar-refractivity contribution in [3.8, 4) is 0 Å². The predicted octanol–water partition coefficient (Wildman–Crippen LogP) is 3.80. The van der Waals surface area contributed by atoms with Gasteiger partial charge in [-0.05, 0) is 42.5 Å². The van der Waals surface area contributed by atoms with Gasteiger partial charge in [0.1, 0.15) is 11.6 Å². The van der Waals surface area contributed by atoms with Crippen molar-refractivity contribution in [3.63, 3.8) is 0 Å². The number of amides is 1. The van der Waals surface area contributed by atoms with E-state index in [1.54, 1.807) is 11.3 Å². The van der Waals surface area contributed by atoms with E-state index in [4.69, 9.17) is 0 Å².